The number of hydrogen-bond donors (Lipinski definition) is 1. The van der Waals surface area contributed by atoms with Crippen molar-refractivity contribution in [3.05, 3.63) is 12.4 Å². The van der Waals surface area contributed by atoms with E-state index in [9.17, 15) is 0 Å². The van der Waals surface area contributed by atoms with Crippen molar-refractivity contribution in [3.63, 3.8) is 0 Å². The largest absolute Gasteiger partial charge is 0.455 e. The summed E-state index contributed by atoms with van der Waals surface area (Å²) in [6.07, 6.45) is 8.37. The van der Waals surface area contributed by atoms with Crippen LogP contribution < -0.4 is 10.2 Å². The van der Waals surface area contributed by atoms with Crippen LogP contribution in [-0.4, -0.2) is 65.8 Å². The van der Waals surface area contributed by atoms with Crippen LogP contribution in [0, 0.1) is 5.92 Å². The third kappa shape index (κ3) is 2.33. The second-order valence-electron chi connectivity index (χ2n) is 7.39. The number of fused-ring (bicyclic) bond motifs is 2. The highest BCUT2D eigenvalue weighted by atomic mass is 16.5. The summed E-state index contributed by atoms with van der Waals surface area (Å²) in [6, 6.07) is 0.615. The van der Waals surface area contributed by atoms with Gasteiger partial charge in [0.25, 0.3) is 6.02 Å². The fourth-order valence-electron chi connectivity index (χ4n) is 4.63. The molecule has 6 rings (SSSR count). The molecule has 4 saturated heterocycles. The molecule has 128 valence electrons. The maximum atomic E-state index is 6.36. The Labute approximate surface area is 142 Å². The zero-order valence-corrected chi connectivity index (χ0v) is 13.9. The molecule has 1 aromatic heterocycles. The van der Waals surface area contributed by atoms with Crippen LogP contribution in [0.15, 0.2) is 17.4 Å². The van der Waals surface area contributed by atoms with E-state index in [1.165, 1.54) is 38.8 Å². The number of amidine groups is 1. The first-order chi connectivity index (χ1) is 11.8. The van der Waals surface area contributed by atoms with E-state index in [1.807, 2.05) is 0 Å². The molecule has 5 aliphatic heterocycles. The fourth-order valence-corrected chi connectivity index (χ4v) is 4.63. The standard InChI is InChI=1S/C17H24N6O/c1-2-8-23(7-1)15-14(18-5-6-19-15)21-16-20-11-17(24-16)12-22-9-3-13(17)4-10-22/h5-6,13H,1-4,7-12H2,(H,18,20,21)/t17-/m0/s1. The zero-order valence-electron chi connectivity index (χ0n) is 13.9. The highest BCUT2D eigenvalue weighted by molar-refractivity contribution is 5.92. The minimum atomic E-state index is -0.116. The lowest BCUT2D eigenvalue weighted by atomic mass is 9.75. The third-order valence-corrected chi connectivity index (χ3v) is 5.92. The Morgan fingerprint density at radius 3 is 2.62 bits per heavy atom. The minimum absolute atomic E-state index is 0.116. The Kier molecular flexibility index (Phi) is 3.36. The van der Waals surface area contributed by atoms with Gasteiger partial charge in [0.2, 0.25) is 0 Å². The van der Waals surface area contributed by atoms with Crippen molar-refractivity contribution in [2.45, 2.75) is 31.3 Å². The van der Waals surface area contributed by atoms with Crippen molar-refractivity contribution < 1.29 is 4.74 Å². The monoisotopic (exact) mass is 328 g/mol. The summed E-state index contributed by atoms with van der Waals surface area (Å²) in [6.45, 7) is 6.27. The van der Waals surface area contributed by atoms with E-state index in [1.54, 1.807) is 12.4 Å². The molecule has 0 radical (unpaired) electrons. The average Bonchev–Trinajstić information content (AvgIpc) is 3.27. The molecule has 0 aliphatic carbocycles. The smallest absolute Gasteiger partial charge is 0.291 e. The lowest BCUT2D eigenvalue weighted by Crippen LogP contribution is -2.61. The van der Waals surface area contributed by atoms with E-state index in [4.69, 9.17) is 4.74 Å². The van der Waals surface area contributed by atoms with Gasteiger partial charge in [-0.25, -0.2) is 15.0 Å². The first kappa shape index (κ1) is 14.5. The van der Waals surface area contributed by atoms with Crippen LogP contribution in [0.25, 0.3) is 0 Å². The summed E-state index contributed by atoms with van der Waals surface area (Å²) in [5.41, 5.74) is -0.116. The van der Waals surface area contributed by atoms with Crippen LogP contribution in [-0.2, 0) is 4.74 Å². The van der Waals surface area contributed by atoms with Gasteiger partial charge in [-0.1, -0.05) is 0 Å². The quantitative estimate of drug-likeness (QED) is 0.884. The Bertz CT molecular complexity index is 650. The van der Waals surface area contributed by atoms with Gasteiger partial charge in [-0.05, 0) is 38.8 Å². The van der Waals surface area contributed by atoms with Gasteiger partial charge in [-0.2, -0.15) is 0 Å². The van der Waals surface area contributed by atoms with E-state index in [-0.39, 0.29) is 5.60 Å². The summed E-state index contributed by atoms with van der Waals surface area (Å²) < 4.78 is 6.36. The molecular formula is C17H24N6O. The number of piperidine rings is 3. The van der Waals surface area contributed by atoms with Crippen molar-refractivity contribution in [1.29, 1.82) is 0 Å². The molecule has 2 bridgehead atoms. The number of nitrogens with zero attached hydrogens (tertiary/aromatic N) is 5. The molecular weight excluding hydrogens is 304 g/mol. The van der Waals surface area contributed by atoms with E-state index in [0.717, 1.165) is 37.8 Å². The summed E-state index contributed by atoms with van der Waals surface area (Å²) in [4.78, 5) is 18.5. The molecule has 1 N–H and O–H groups in total. The van der Waals surface area contributed by atoms with Crippen LogP contribution in [0.3, 0.4) is 0 Å². The van der Waals surface area contributed by atoms with Gasteiger partial charge >= 0.3 is 0 Å². The number of hydrogen-bond acceptors (Lipinski definition) is 7. The van der Waals surface area contributed by atoms with Crippen LogP contribution in [0.4, 0.5) is 11.6 Å². The predicted octanol–water partition coefficient (Wildman–Crippen LogP) is 1.34. The number of ether oxygens (including phenoxy) is 1. The van der Waals surface area contributed by atoms with E-state index in [0.29, 0.717) is 11.9 Å². The Balaban J connectivity index is 1.33. The minimum Gasteiger partial charge on any atom is -0.455 e. The summed E-state index contributed by atoms with van der Waals surface area (Å²) in [5.74, 6) is 2.30. The molecule has 7 heteroatoms. The van der Waals surface area contributed by atoms with Crippen molar-refractivity contribution in [3.8, 4) is 0 Å². The van der Waals surface area contributed by atoms with Crippen molar-refractivity contribution >= 4 is 17.7 Å². The number of rotatable bonds is 2. The van der Waals surface area contributed by atoms with Gasteiger partial charge in [0.1, 0.15) is 5.60 Å². The SMILES string of the molecule is c1cnc(N2CCCC2)c(NC2=NC[C@@]3(CN4CCC3CC4)O2)n1. The molecule has 1 spiro atoms. The summed E-state index contributed by atoms with van der Waals surface area (Å²) in [7, 11) is 0. The lowest BCUT2D eigenvalue weighted by molar-refractivity contribution is -0.0829. The molecule has 1 atom stereocenters. The van der Waals surface area contributed by atoms with Gasteiger partial charge in [0.15, 0.2) is 11.6 Å². The fraction of sp³-hybridized carbons (Fsp3) is 0.706. The Morgan fingerprint density at radius 1 is 1.08 bits per heavy atom. The van der Waals surface area contributed by atoms with Crippen molar-refractivity contribution in [2.75, 3.05) is 49.5 Å². The highest BCUT2D eigenvalue weighted by Crippen LogP contribution is 2.41. The number of aromatic nitrogens is 2. The molecule has 1 aromatic rings. The average molecular weight is 328 g/mol. The number of anilines is 2. The molecule has 5 aliphatic rings. The molecule has 0 saturated carbocycles. The van der Waals surface area contributed by atoms with Gasteiger partial charge in [-0.3, -0.25) is 10.2 Å². The molecule has 7 nitrogen and oxygen atoms in total. The molecule has 0 aromatic carbocycles. The van der Waals surface area contributed by atoms with E-state index in [2.05, 4.69) is 30.1 Å². The predicted molar refractivity (Wildman–Crippen MR) is 92.4 cm³/mol. The first-order valence-corrected chi connectivity index (χ1v) is 9.11. The van der Waals surface area contributed by atoms with Crippen LogP contribution in [0.2, 0.25) is 0 Å². The molecule has 4 fully saturated rings. The number of nitrogens with one attached hydrogen (secondary N) is 1. The van der Waals surface area contributed by atoms with Crippen LogP contribution >= 0.6 is 0 Å². The Morgan fingerprint density at radius 2 is 1.88 bits per heavy atom. The van der Waals surface area contributed by atoms with Gasteiger partial charge < -0.3 is 9.64 Å². The molecule has 0 amide bonds. The molecule has 0 unspecified atom stereocenters. The van der Waals surface area contributed by atoms with Crippen molar-refractivity contribution in [2.24, 2.45) is 10.9 Å². The van der Waals surface area contributed by atoms with Gasteiger partial charge in [-0.15, -0.1) is 0 Å². The van der Waals surface area contributed by atoms with Crippen molar-refractivity contribution in [1.82, 2.24) is 14.9 Å². The maximum Gasteiger partial charge on any atom is 0.291 e. The molecule has 24 heavy (non-hydrogen) atoms. The highest BCUT2D eigenvalue weighted by Gasteiger charge is 2.51. The zero-order chi connectivity index (χ0) is 16.0. The summed E-state index contributed by atoms with van der Waals surface area (Å²) in [5, 5.41) is 3.31. The Hall–Kier alpha value is -1.89. The second-order valence-corrected chi connectivity index (χ2v) is 7.39. The lowest BCUT2D eigenvalue weighted by Gasteiger charge is -2.50. The van der Waals surface area contributed by atoms with E-state index < -0.39 is 0 Å². The normalized spacial score (nSPS) is 34.5. The second kappa shape index (κ2) is 5.58. The maximum absolute atomic E-state index is 6.36. The van der Waals surface area contributed by atoms with Gasteiger partial charge in [0, 0.05) is 37.9 Å². The molecule has 6 heterocycles. The van der Waals surface area contributed by atoms with Crippen LogP contribution in [0.5, 0.6) is 0 Å². The first-order valence-electron chi connectivity index (χ1n) is 9.11. The third-order valence-electron chi connectivity index (χ3n) is 5.92. The summed E-state index contributed by atoms with van der Waals surface area (Å²) >= 11 is 0. The van der Waals surface area contributed by atoms with E-state index >= 15 is 0 Å². The van der Waals surface area contributed by atoms with Gasteiger partial charge in [0.05, 0.1) is 6.54 Å². The topological polar surface area (TPSA) is 65.9 Å². The van der Waals surface area contributed by atoms with Crippen LogP contribution in [0.1, 0.15) is 25.7 Å². The number of aliphatic imine (C=N–C) groups is 1.